The molecule has 6 aromatic rings. The summed E-state index contributed by atoms with van der Waals surface area (Å²) in [5.74, 6) is -0.540. The van der Waals surface area contributed by atoms with Crippen LogP contribution in [0.25, 0.3) is 16.8 Å². The molecule has 3 aromatic carbocycles. The van der Waals surface area contributed by atoms with Gasteiger partial charge in [-0.2, -0.15) is 10.1 Å². The summed E-state index contributed by atoms with van der Waals surface area (Å²) in [5.41, 5.74) is 7.48. The summed E-state index contributed by atoms with van der Waals surface area (Å²) in [6, 6.07) is 22.4. The Morgan fingerprint density at radius 3 is 2.34 bits per heavy atom. The molecule has 0 radical (unpaired) electrons. The molecule has 17 nitrogen and oxygen atoms in total. The first kappa shape index (κ1) is 43.2. The van der Waals surface area contributed by atoms with Gasteiger partial charge in [0.2, 0.25) is 17.7 Å². The van der Waals surface area contributed by atoms with E-state index in [9.17, 15) is 24.0 Å². The second-order valence-corrected chi connectivity index (χ2v) is 17.0. The van der Waals surface area contributed by atoms with Crippen LogP contribution < -0.4 is 25.6 Å². The molecule has 64 heavy (non-hydrogen) atoms. The molecule has 2 saturated heterocycles. The fourth-order valence-corrected chi connectivity index (χ4v) is 7.73. The van der Waals surface area contributed by atoms with Crippen LogP contribution in [0.1, 0.15) is 89.2 Å². The van der Waals surface area contributed by atoms with Crippen molar-refractivity contribution in [2.45, 2.75) is 78.0 Å². The van der Waals surface area contributed by atoms with E-state index in [0.29, 0.717) is 75.7 Å². The largest absolute Gasteiger partial charge is 0.481 e. The lowest BCUT2D eigenvalue weighted by Crippen LogP contribution is -2.48. The van der Waals surface area contributed by atoms with Crippen LogP contribution in [0.5, 0.6) is 5.75 Å². The van der Waals surface area contributed by atoms with Gasteiger partial charge in [-0.05, 0) is 72.0 Å². The van der Waals surface area contributed by atoms with Gasteiger partial charge in [-0.3, -0.25) is 29.3 Å². The van der Waals surface area contributed by atoms with Crippen LogP contribution in [0, 0.1) is 6.92 Å². The van der Waals surface area contributed by atoms with Crippen molar-refractivity contribution >= 4 is 40.7 Å². The quantitative estimate of drug-likeness (QED) is 0.135. The van der Waals surface area contributed by atoms with E-state index in [1.807, 2.05) is 85.8 Å². The van der Waals surface area contributed by atoms with Gasteiger partial charge in [0.15, 0.2) is 6.10 Å². The van der Waals surface area contributed by atoms with Gasteiger partial charge in [0.05, 0.1) is 23.1 Å². The molecule has 5 heterocycles. The van der Waals surface area contributed by atoms with Gasteiger partial charge in [0.1, 0.15) is 12.1 Å². The van der Waals surface area contributed by atoms with Crippen molar-refractivity contribution in [2.24, 2.45) is 0 Å². The fraction of sp³-hybridized carbons (Fsp3) is 0.340. The van der Waals surface area contributed by atoms with Crippen LogP contribution in [0.15, 0.2) is 89.8 Å². The number of aromatic nitrogens is 5. The Morgan fingerprint density at radius 2 is 1.62 bits per heavy atom. The Bertz CT molecular complexity index is 2710. The number of benzene rings is 3. The third-order valence-corrected chi connectivity index (χ3v) is 11.5. The average Bonchev–Trinajstić information content (AvgIpc) is 3.98. The van der Waals surface area contributed by atoms with E-state index in [-0.39, 0.29) is 35.4 Å². The third-order valence-electron chi connectivity index (χ3n) is 11.5. The Balaban J connectivity index is 0.816. The van der Waals surface area contributed by atoms with Crippen molar-refractivity contribution in [3.05, 3.63) is 125 Å². The number of hydrogen-bond acceptors (Lipinski definition) is 12. The van der Waals surface area contributed by atoms with Gasteiger partial charge in [-0.15, -0.1) is 0 Å². The number of carbonyl (C=O) groups is 5. The maximum Gasteiger partial charge on any atom is 0.292 e. The van der Waals surface area contributed by atoms with E-state index >= 15 is 0 Å². The molecule has 3 aromatic heterocycles. The van der Waals surface area contributed by atoms with E-state index < -0.39 is 17.9 Å². The number of hydrogen-bond donors (Lipinski definition) is 3. The molecule has 0 bridgehead atoms. The molecule has 3 N–H and O–H groups in total. The zero-order chi connectivity index (χ0) is 45.0. The highest BCUT2D eigenvalue weighted by Gasteiger charge is 2.29. The zero-order valence-electron chi connectivity index (χ0n) is 36.2. The summed E-state index contributed by atoms with van der Waals surface area (Å²) in [5, 5.41) is 16.5. The lowest BCUT2D eigenvalue weighted by molar-refractivity contribution is -0.139. The maximum absolute atomic E-state index is 13.5. The first-order valence-electron chi connectivity index (χ1n) is 21.3. The minimum absolute atomic E-state index is 0.00262. The molecule has 2 aliphatic rings. The Morgan fingerprint density at radius 1 is 0.891 bits per heavy atom. The summed E-state index contributed by atoms with van der Waals surface area (Å²) in [6.45, 7) is 10.9. The summed E-state index contributed by atoms with van der Waals surface area (Å²) in [7, 11) is 0. The molecule has 2 fully saturated rings. The summed E-state index contributed by atoms with van der Waals surface area (Å²) < 4.78 is 12.8. The normalized spacial score (nSPS) is 15.5. The molecule has 1 atom stereocenters. The molecule has 0 spiro atoms. The molecule has 0 saturated carbocycles. The van der Waals surface area contributed by atoms with Crippen LogP contribution in [-0.2, 0) is 39.3 Å². The van der Waals surface area contributed by atoms with Crippen LogP contribution in [0.3, 0.4) is 0 Å². The minimum atomic E-state index is -0.756. The predicted molar refractivity (Wildman–Crippen MR) is 235 cm³/mol. The molecular weight excluding hydrogens is 817 g/mol. The zero-order valence-corrected chi connectivity index (χ0v) is 36.2. The van der Waals surface area contributed by atoms with Crippen molar-refractivity contribution in [1.82, 2.24) is 45.6 Å². The molecule has 0 aliphatic carbocycles. The summed E-state index contributed by atoms with van der Waals surface area (Å²) in [6.07, 6.45) is 4.17. The number of anilines is 1. The number of nitrogens with zero attached hydrogens (tertiary/aromatic N) is 7. The average molecular weight is 867 g/mol. The van der Waals surface area contributed by atoms with E-state index in [0.717, 1.165) is 44.7 Å². The number of amides is 5. The van der Waals surface area contributed by atoms with Crippen LogP contribution >= 0.6 is 0 Å². The fourth-order valence-electron chi connectivity index (χ4n) is 7.73. The van der Waals surface area contributed by atoms with E-state index in [1.165, 1.54) is 6.33 Å². The number of carbonyl (C=O) groups excluding carboxylic acids is 5. The number of imide groups is 1. The number of rotatable bonds is 13. The standard InChI is InChI=1S/C47H50N10O7/c1-29-23-32(9-10-33(29)25-49-45(62)42-53-46(64-54-42)47(2,3)4)41-37-24-35(27-57(37)51-28-50-41)55-19-21-56(22-20-55)40(59)18-13-30-7-5-6-8-34(30)26-48-43(60)31-11-14-36(15-12-31)63-38-16-17-39(58)52-44(38)61/h5-12,14-15,23-24,27-28,38H,13,16-22,25-26H2,1-4H3,(H,48,60)(H,49,62)(H,52,58,61). The lowest BCUT2D eigenvalue weighted by atomic mass is 9.97. The lowest BCUT2D eigenvalue weighted by Gasteiger charge is -2.35. The first-order chi connectivity index (χ1) is 30.8. The molecule has 8 rings (SSSR count). The number of nitrogens with one attached hydrogen (secondary N) is 3. The molecule has 5 amide bonds. The molecule has 2 aliphatic heterocycles. The number of fused-ring (bicyclic) bond motifs is 1. The monoisotopic (exact) mass is 866 g/mol. The number of piperazine rings is 1. The smallest absolute Gasteiger partial charge is 0.292 e. The van der Waals surface area contributed by atoms with Crippen molar-refractivity contribution in [3.8, 4) is 17.0 Å². The van der Waals surface area contributed by atoms with E-state index in [2.05, 4.69) is 47.1 Å². The van der Waals surface area contributed by atoms with Crippen LogP contribution in [0.2, 0.25) is 0 Å². The molecular formula is C47H50N10O7. The van der Waals surface area contributed by atoms with Gasteiger partial charge in [0, 0.05) is 75.1 Å². The highest BCUT2D eigenvalue weighted by Crippen LogP contribution is 2.29. The Hall–Kier alpha value is -7.43. The van der Waals surface area contributed by atoms with Gasteiger partial charge in [0.25, 0.3) is 23.5 Å². The highest BCUT2D eigenvalue weighted by molar-refractivity contribution is 6.00. The van der Waals surface area contributed by atoms with Gasteiger partial charge < -0.3 is 29.7 Å². The third kappa shape index (κ3) is 9.93. The van der Waals surface area contributed by atoms with Crippen molar-refractivity contribution < 1.29 is 33.2 Å². The SMILES string of the molecule is Cc1cc(-c2ncnn3cc(N4CCN(C(=O)CCc5ccccc5CNC(=O)c5ccc(OC6CCC(=O)NC6=O)cc5)CC4)cc23)ccc1CNC(=O)c1noc(C(C)(C)C)n1. The summed E-state index contributed by atoms with van der Waals surface area (Å²) >= 11 is 0. The molecule has 1 unspecified atom stereocenters. The van der Waals surface area contributed by atoms with Gasteiger partial charge >= 0.3 is 0 Å². The summed E-state index contributed by atoms with van der Waals surface area (Å²) in [4.78, 5) is 75.8. The number of piperidine rings is 1. The first-order valence-corrected chi connectivity index (χ1v) is 21.3. The Labute approximate surface area is 369 Å². The number of ether oxygens (including phenoxy) is 1. The maximum atomic E-state index is 13.5. The van der Waals surface area contributed by atoms with Crippen molar-refractivity contribution in [2.75, 3.05) is 31.1 Å². The highest BCUT2D eigenvalue weighted by atomic mass is 16.5. The van der Waals surface area contributed by atoms with Gasteiger partial charge in [-0.25, -0.2) is 9.50 Å². The van der Waals surface area contributed by atoms with E-state index in [4.69, 9.17) is 9.26 Å². The van der Waals surface area contributed by atoms with E-state index in [1.54, 1.807) is 24.3 Å². The predicted octanol–water partition coefficient (Wildman–Crippen LogP) is 4.71. The van der Waals surface area contributed by atoms with Gasteiger partial charge in [-0.1, -0.05) is 62.3 Å². The van der Waals surface area contributed by atoms with Crippen molar-refractivity contribution in [1.29, 1.82) is 0 Å². The second-order valence-electron chi connectivity index (χ2n) is 17.0. The van der Waals surface area contributed by atoms with Crippen LogP contribution in [0.4, 0.5) is 5.69 Å². The minimum Gasteiger partial charge on any atom is -0.481 e. The number of aryl methyl sites for hydroxylation is 2. The second kappa shape index (κ2) is 18.5. The Kier molecular flexibility index (Phi) is 12.5. The molecule has 330 valence electrons. The van der Waals surface area contributed by atoms with Crippen LogP contribution in [-0.4, -0.2) is 91.5 Å². The van der Waals surface area contributed by atoms with Crippen molar-refractivity contribution in [3.63, 3.8) is 0 Å². The topological polar surface area (TPSA) is 206 Å². The molecule has 17 heteroatoms.